The predicted octanol–water partition coefficient (Wildman–Crippen LogP) is 10.2. The zero-order valence-electron chi connectivity index (χ0n) is 27.9. The van der Waals surface area contributed by atoms with Gasteiger partial charge in [-0.1, -0.05) is 95.0 Å². The monoisotopic (exact) mass is 759 g/mol. The number of fused-ring (bicyclic) bond motifs is 1. The minimum Gasteiger partial charge on any atom is -0.491 e. The van der Waals surface area contributed by atoms with Gasteiger partial charge < -0.3 is 18.8 Å². The Morgan fingerprint density at radius 1 is 0.863 bits per heavy atom. The molecule has 6 nitrogen and oxygen atoms in total. The van der Waals surface area contributed by atoms with Crippen molar-refractivity contribution < 1.29 is 14.2 Å². The number of benzene rings is 4. The second-order valence-electron chi connectivity index (χ2n) is 13.6. The number of aromatic nitrogens is 2. The number of nitrogens with zero attached hydrogens (tertiary/aromatic N) is 3. The maximum atomic E-state index is 6.55. The van der Waals surface area contributed by atoms with E-state index in [1.807, 2.05) is 35.0 Å². The van der Waals surface area contributed by atoms with E-state index < -0.39 is 5.79 Å². The average Bonchev–Trinajstić information content (AvgIpc) is 3.55. The Morgan fingerprint density at radius 3 is 2.45 bits per heavy atom. The van der Waals surface area contributed by atoms with Gasteiger partial charge in [-0.2, -0.15) is 0 Å². The molecule has 0 amide bonds. The Bertz CT molecular complexity index is 2020. The minimum absolute atomic E-state index is 0.277. The quantitative estimate of drug-likeness (QED) is 0.134. The van der Waals surface area contributed by atoms with Crippen molar-refractivity contribution in [3.8, 4) is 5.75 Å². The summed E-state index contributed by atoms with van der Waals surface area (Å²) >= 11 is 25.1. The van der Waals surface area contributed by atoms with Gasteiger partial charge >= 0.3 is 0 Å². The van der Waals surface area contributed by atoms with E-state index in [0.29, 0.717) is 51.7 Å². The van der Waals surface area contributed by atoms with Crippen LogP contribution in [0.25, 0.3) is 6.08 Å². The maximum absolute atomic E-state index is 6.55. The van der Waals surface area contributed by atoms with Crippen molar-refractivity contribution in [2.75, 3.05) is 26.3 Å². The molecule has 1 saturated carbocycles. The van der Waals surface area contributed by atoms with Crippen LogP contribution in [0.1, 0.15) is 51.6 Å². The van der Waals surface area contributed by atoms with Gasteiger partial charge in [0.2, 0.25) is 5.79 Å². The van der Waals surface area contributed by atoms with Gasteiger partial charge in [0.1, 0.15) is 18.5 Å². The molecule has 3 heterocycles. The lowest BCUT2D eigenvalue weighted by atomic mass is 9.99. The van der Waals surface area contributed by atoms with Gasteiger partial charge in [-0.25, -0.2) is 4.98 Å². The van der Waals surface area contributed by atoms with Gasteiger partial charge in [-0.3, -0.25) is 4.90 Å². The van der Waals surface area contributed by atoms with E-state index in [-0.39, 0.29) is 6.10 Å². The number of rotatable bonds is 11. The summed E-state index contributed by atoms with van der Waals surface area (Å²) in [6.07, 6.45) is 11.7. The Kier molecular flexibility index (Phi) is 10.2. The molecule has 0 spiro atoms. The lowest BCUT2D eigenvalue weighted by Crippen LogP contribution is -2.34. The first-order chi connectivity index (χ1) is 24.8. The van der Waals surface area contributed by atoms with Crippen molar-refractivity contribution >= 4 is 52.5 Å². The first-order valence-corrected chi connectivity index (χ1v) is 18.7. The third-order valence-electron chi connectivity index (χ3n) is 10.0. The molecule has 0 bridgehead atoms. The van der Waals surface area contributed by atoms with Crippen molar-refractivity contribution in [3.63, 3.8) is 0 Å². The van der Waals surface area contributed by atoms with E-state index >= 15 is 0 Å². The van der Waals surface area contributed by atoms with Crippen LogP contribution in [0, 0.1) is 0 Å². The van der Waals surface area contributed by atoms with Crippen molar-refractivity contribution in [1.82, 2.24) is 14.5 Å². The van der Waals surface area contributed by atoms with Crippen LogP contribution in [0.2, 0.25) is 20.1 Å². The van der Waals surface area contributed by atoms with Crippen molar-refractivity contribution in [3.05, 3.63) is 157 Å². The molecular formula is C41H37Cl4N3O3. The summed E-state index contributed by atoms with van der Waals surface area (Å²) in [6.45, 7) is 3.94. The molecular weight excluding hydrogens is 724 g/mol. The Balaban J connectivity index is 0.828. The van der Waals surface area contributed by atoms with Gasteiger partial charge in [-0.15, -0.1) is 0 Å². The first kappa shape index (κ1) is 34.7. The van der Waals surface area contributed by atoms with E-state index in [0.717, 1.165) is 43.8 Å². The Morgan fingerprint density at radius 2 is 1.67 bits per heavy atom. The zero-order valence-corrected chi connectivity index (χ0v) is 30.9. The van der Waals surface area contributed by atoms with Crippen LogP contribution in [-0.4, -0.2) is 46.9 Å². The summed E-state index contributed by atoms with van der Waals surface area (Å²) in [5, 5.41) is 2.28. The van der Waals surface area contributed by atoms with Crippen LogP contribution in [0.4, 0.5) is 0 Å². The molecule has 4 atom stereocenters. The third-order valence-corrected chi connectivity index (χ3v) is 11.2. The fourth-order valence-corrected chi connectivity index (χ4v) is 8.09. The van der Waals surface area contributed by atoms with Gasteiger partial charge in [-0.05, 0) is 95.0 Å². The Labute approximate surface area is 318 Å². The topological polar surface area (TPSA) is 48.8 Å². The minimum atomic E-state index is -1.06. The largest absolute Gasteiger partial charge is 0.491 e. The van der Waals surface area contributed by atoms with Crippen LogP contribution in [0.5, 0.6) is 5.75 Å². The molecule has 1 aromatic heterocycles. The molecule has 0 radical (unpaired) electrons. The zero-order chi connectivity index (χ0) is 35.0. The normalized spacial score (nSPS) is 23.1. The van der Waals surface area contributed by atoms with Crippen molar-refractivity contribution in [1.29, 1.82) is 0 Å². The van der Waals surface area contributed by atoms with Crippen LogP contribution >= 0.6 is 46.4 Å². The second-order valence-corrected chi connectivity index (χ2v) is 15.3. The lowest BCUT2D eigenvalue weighted by molar-refractivity contribution is -0.189. The van der Waals surface area contributed by atoms with Gasteiger partial charge in [0.05, 0.1) is 29.5 Å². The number of ether oxygens (including phenoxy) is 3. The summed E-state index contributed by atoms with van der Waals surface area (Å²) in [7, 11) is 0. The molecule has 51 heavy (non-hydrogen) atoms. The molecule has 1 saturated heterocycles. The lowest BCUT2D eigenvalue weighted by Gasteiger charge is -2.29. The standard InChI is InChI=1S/C41H37Cl4N3O3/c42-33-18-32(19-34(43)20-33)41(25-48-15-12-46-26-48)50-24-36(51-41)23-49-35-9-7-31-22-47(14-11-29(31)16-35)13-1-2-27-3-5-28(6-4-27)37-21-38(37)30-8-10-39(44)40(45)17-30/h1-10,12,15-20,26,36-38H,11,13-14,21-25H2/b2-1+/t36-,37+,38+,41-/m0/s1. The number of hydrogen-bond donors (Lipinski definition) is 0. The fraction of sp³-hybridized carbons (Fsp3) is 0.293. The molecule has 10 heteroatoms. The molecule has 2 aliphatic heterocycles. The van der Waals surface area contributed by atoms with E-state index in [9.17, 15) is 0 Å². The fourth-order valence-electron chi connectivity index (χ4n) is 7.26. The second kappa shape index (κ2) is 15.0. The summed E-state index contributed by atoms with van der Waals surface area (Å²) < 4.78 is 21.1. The molecule has 1 aliphatic carbocycles. The molecule has 4 aromatic carbocycles. The number of hydrogen-bond acceptors (Lipinski definition) is 5. The number of imidazole rings is 1. The maximum Gasteiger partial charge on any atom is 0.214 e. The predicted molar refractivity (Wildman–Crippen MR) is 204 cm³/mol. The van der Waals surface area contributed by atoms with E-state index in [1.54, 1.807) is 18.6 Å². The highest BCUT2D eigenvalue weighted by atomic mass is 35.5. The Hall–Kier alpha value is -3.33. The summed E-state index contributed by atoms with van der Waals surface area (Å²) in [5.74, 6) is 0.833. The molecule has 262 valence electrons. The van der Waals surface area contributed by atoms with E-state index in [4.69, 9.17) is 60.6 Å². The van der Waals surface area contributed by atoms with Crippen molar-refractivity contribution in [2.24, 2.45) is 0 Å². The van der Waals surface area contributed by atoms with Gasteiger partial charge in [0, 0.05) is 47.6 Å². The highest BCUT2D eigenvalue weighted by Gasteiger charge is 2.44. The number of halogens is 4. The van der Waals surface area contributed by atoms with Crippen LogP contribution < -0.4 is 4.74 Å². The highest BCUT2D eigenvalue weighted by Crippen LogP contribution is 2.55. The molecule has 3 aliphatic rings. The summed E-state index contributed by atoms with van der Waals surface area (Å²) in [5.41, 5.74) is 7.29. The smallest absolute Gasteiger partial charge is 0.214 e. The van der Waals surface area contributed by atoms with Crippen LogP contribution in [-0.2, 0) is 34.8 Å². The molecule has 8 rings (SSSR count). The molecule has 2 fully saturated rings. The highest BCUT2D eigenvalue weighted by molar-refractivity contribution is 6.42. The average molecular weight is 762 g/mol. The van der Waals surface area contributed by atoms with E-state index in [2.05, 4.69) is 70.6 Å². The van der Waals surface area contributed by atoms with Crippen molar-refractivity contribution in [2.45, 2.75) is 49.7 Å². The van der Waals surface area contributed by atoms with E-state index in [1.165, 1.54) is 27.8 Å². The van der Waals surface area contributed by atoms with Crippen LogP contribution in [0.3, 0.4) is 0 Å². The van der Waals surface area contributed by atoms with Crippen LogP contribution in [0.15, 0.2) is 104 Å². The third kappa shape index (κ3) is 8.03. The SMILES string of the molecule is Clc1cc(Cl)cc([C@@]2(Cn3ccnc3)OC[C@H](COc3ccc4c(c3)CCN(C/C=C/c3ccc([C@H]5C[C@@H]5c5ccc(Cl)c(Cl)c5)cc3)C4)O2)c1. The van der Waals surface area contributed by atoms with Gasteiger partial charge in [0.15, 0.2) is 0 Å². The summed E-state index contributed by atoms with van der Waals surface area (Å²) in [4.78, 5) is 6.65. The van der Waals surface area contributed by atoms with Gasteiger partial charge in [0.25, 0.3) is 0 Å². The molecule has 0 N–H and O–H groups in total. The summed E-state index contributed by atoms with van der Waals surface area (Å²) in [6, 6.07) is 26.7. The molecule has 5 aromatic rings. The first-order valence-electron chi connectivity index (χ1n) is 17.2. The molecule has 0 unspecified atom stereocenters.